The number of methoxy groups -OCH3 is 1. The molecule has 1 aliphatic heterocycles. The molecule has 0 unspecified atom stereocenters. The molecular formula is C29H32F4N2O4. The average Bonchev–Trinajstić information content (AvgIpc) is 2.90. The molecule has 0 aliphatic carbocycles. The van der Waals surface area contributed by atoms with Crippen molar-refractivity contribution in [1.82, 2.24) is 9.88 Å². The molecule has 0 amide bonds. The smallest absolute Gasteiger partial charge is 0.303 e. The quantitative estimate of drug-likeness (QED) is 0.233. The standard InChI is InChI=1S/C29H32F4N2O4/c1-39-19-4-5-24-20(15-19)27(23(32)17-34-24)25(36)6-7-29(16-26(37)38)8-11-35(12-9-29)10-2-3-18-13-21(30)28(33)22(31)14-18/h4-5,13-15,17,25,36H,2-3,6-12,16H2,1H3,(H,37,38)/t25-/m0/s1. The van der Waals surface area contributed by atoms with E-state index in [9.17, 15) is 32.6 Å². The largest absolute Gasteiger partial charge is 0.497 e. The van der Waals surface area contributed by atoms with Gasteiger partial charge in [-0.1, -0.05) is 0 Å². The number of hydrogen-bond acceptors (Lipinski definition) is 5. The molecule has 39 heavy (non-hydrogen) atoms. The van der Waals surface area contributed by atoms with E-state index in [4.69, 9.17) is 4.74 Å². The van der Waals surface area contributed by atoms with Gasteiger partial charge in [0, 0.05) is 10.9 Å². The van der Waals surface area contributed by atoms with Gasteiger partial charge >= 0.3 is 5.97 Å². The number of piperidine rings is 1. The summed E-state index contributed by atoms with van der Waals surface area (Å²) in [6, 6.07) is 7.03. The van der Waals surface area contributed by atoms with E-state index in [-0.39, 0.29) is 18.4 Å². The van der Waals surface area contributed by atoms with Crippen LogP contribution in [0.15, 0.2) is 36.5 Å². The molecule has 4 rings (SSSR count). The van der Waals surface area contributed by atoms with Crippen LogP contribution in [-0.4, -0.2) is 52.8 Å². The maximum atomic E-state index is 14.8. The molecule has 2 N–H and O–H groups in total. The second kappa shape index (κ2) is 12.3. The van der Waals surface area contributed by atoms with Gasteiger partial charge in [-0.15, -0.1) is 0 Å². The minimum absolute atomic E-state index is 0.0604. The average molecular weight is 549 g/mol. The van der Waals surface area contributed by atoms with Gasteiger partial charge in [0.25, 0.3) is 0 Å². The van der Waals surface area contributed by atoms with Crippen molar-refractivity contribution in [2.45, 2.75) is 51.0 Å². The second-order valence-electron chi connectivity index (χ2n) is 10.3. The molecule has 0 bridgehead atoms. The number of ether oxygens (including phenoxy) is 1. The van der Waals surface area contributed by atoms with Gasteiger partial charge in [0.2, 0.25) is 0 Å². The molecule has 1 saturated heterocycles. The Bertz CT molecular complexity index is 1310. The van der Waals surface area contributed by atoms with Gasteiger partial charge < -0.3 is 19.8 Å². The fraction of sp³-hybridized carbons (Fsp3) is 0.448. The second-order valence-corrected chi connectivity index (χ2v) is 10.3. The summed E-state index contributed by atoms with van der Waals surface area (Å²) in [5, 5.41) is 21.1. The molecule has 2 aromatic carbocycles. The summed E-state index contributed by atoms with van der Waals surface area (Å²) in [5.41, 5.74) is 0.469. The Morgan fingerprint density at radius 3 is 2.44 bits per heavy atom. The number of aliphatic hydroxyl groups excluding tert-OH is 1. The zero-order valence-electron chi connectivity index (χ0n) is 21.7. The van der Waals surface area contributed by atoms with E-state index in [1.807, 2.05) is 0 Å². The van der Waals surface area contributed by atoms with Crippen molar-refractivity contribution >= 4 is 16.9 Å². The molecule has 10 heteroatoms. The van der Waals surface area contributed by atoms with Gasteiger partial charge in [-0.3, -0.25) is 9.78 Å². The molecule has 210 valence electrons. The summed E-state index contributed by atoms with van der Waals surface area (Å²) >= 11 is 0. The summed E-state index contributed by atoms with van der Waals surface area (Å²) < 4.78 is 60.1. The van der Waals surface area contributed by atoms with Gasteiger partial charge in [0.15, 0.2) is 17.5 Å². The first-order chi connectivity index (χ1) is 18.6. The van der Waals surface area contributed by atoms with E-state index in [0.29, 0.717) is 74.0 Å². The molecule has 0 spiro atoms. The number of aliphatic carboxylic acids is 1. The lowest BCUT2D eigenvalue weighted by Gasteiger charge is -2.41. The van der Waals surface area contributed by atoms with Gasteiger partial charge in [-0.25, -0.2) is 17.6 Å². The molecule has 1 aliphatic rings. The van der Waals surface area contributed by atoms with E-state index in [2.05, 4.69) is 9.88 Å². The van der Waals surface area contributed by atoms with Crippen LogP contribution in [0.25, 0.3) is 10.9 Å². The highest BCUT2D eigenvalue weighted by Crippen LogP contribution is 2.42. The van der Waals surface area contributed by atoms with E-state index in [0.717, 1.165) is 18.3 Å². The van der Waals surface area contributed by atoms with Gasteiger partial charge in [0.05, 0.1) is 31.3 Å². The number of pyridine rings is 1. The van der Waals surface area contributed by atoms with E-state index in [1.54, 1.807) is 18.2 Å². The van der Waals surface area contributed by atoms with Crippen molar-refractivity contribution in [3.05, 3.63) is 70.9 Å². The Kier molecular flexibility index (Phi) is 9.07. The maximum absolute atomic E-state index is 14.8. The third kappa shape index (κ3) is 6.86. The number of rotatable bonds is 11. The molecule has 3 aromatic rings. The third-order valence-corrected chi connectivity index (χ3v) is 7.78. The van der Waals surface area contributed by atoms with Crippen molar-refractivity contribution < 1.29 is 37.3 Å². The lowest BCUT2D eigenvalue weighted by atomic mass is 9.71. The highest BCUT2D eigenvalue weighted by molar-refractivity contribution is 5.84. The number of fused-ring (bicyclic) bond motifs is 1. The van der Waals surface area contributed by atoms with Gasteiger partial charge in [-0.2, -0.15) is 0 Å². The van der Waals surface area contributed by atoms with Crippen LogP contribution in [0.3, 0.4) is 0 Å². The first-order valence-electron chi connectivity index (χ1n) is 13.0. The number of hydrogen-bond donors (Lipinski definition) is 2. The Morgan fingerprint density at radius 1 is 1.10 bits per heavy atom. The van der Waals surface area contributed by atoms with Crippen molar-refractivity contribution in [2.24, 2.45) is 5.41 Å². The zero-order valence-corrected chi connectivity index (χ0v) is 21.7. The molecule has 6 nitrogen and oxygen atoms in total. The fourth-order valence-corrected chi connectivity index (χ4v) is 5.57. The summed E-state index contributed by atoms with van der Waals surface area (Å²) in [7, 11) is 1.49. The predicted octanol–water partition coefficient (Wildman–Crippen LogP) is 5.80. The number of carbonyl (C=O) groups is 1. The number of aliphatic hydroxyl groups is 1. The molecule has 0 saturated carbocycles. The molecule has 1 aromatic heterocycles. The molecular weight excluding hydrogens is 516 g/mol. The number of carboxylic acids is 1. The third-order valence-electron chi connectivity index (χ3n) is 7.78. The Morgan fingerprint density at radius 2 is 1.79 bits per heavy atom. The Hall–Kier alpha value is -3.24. The van der Waals surface area contributed by atoms with Crippen LogP contribution < -0.4 is 4.74 Å². The first-order valence-corrected chi connectivity index (χ1v) is 13.0. The van der Waals surface area contributed by atoms with Crippen LogP contribution >= 0.6 is 0 Å². The number of halogens is 4. The SMILES string of the molecule is COc1ccc2ncc(F)c([C@@H](O)CCC3(CC(=O)O)CCN(CCCc4cc(F)c(F)c(F)c4)CC3)c2c1. The van der Waals surface area contributed by atoms with Crippen LogP contribution in [-0.2, 0) is 11.2 Å². The lowest BCUT2D eigenvalue weighted by molar-refractivity contribution is -0.141. The Labute approximate surface area is 224 Å². The molecule has 0 radical (unpaired) electrons. The summed E-state index contributed by atoms with van der Waals surface area (Å²) in [6.45, 7) is 1.89. The number of aryl methyl sites for hydroxylation is 1. The van der Waals surface area contributed by atoms with E-state index >= 15 is 0 Å². The Balaban J connectivity index is 1.38. The lowest BCUT2D eigenvalue weighted by Crippen LogP contribution is -2.41. The highest BCUT2D eigenvalue weighted by Gasteiger charge is 2.37. The van der Waals surface area contributed by atoms with Crippen LogP contribution in [0.4, 0.5) is 17.6 Å². The predicted molar refractivity (Wildman–Crippen MR) is 137 cm³/mol. The normalized spacial score (nSPS) is 16.4. The van der Waals surface area contributed by atoms with E-state index in [1.165, 1.54) is 7.11 Å². The number of likely N-dealkylation sites (tertiary alicyclic amines) is 1. The fourth-order valence-electron chi connectivity index (χ4n) is 5.57. The minimum Gasteiger partial charge on any atom is -0.497 e. The highest BCUT2D eigenvalue weighted by atomic mass is 19.2. The van der Waals surface area contributed by atoms with E-state index < -0.39 is 40.8 Å². The molecule has 2 heterocycles. The molecule has 1 atom stereocenters. The summed E-state index contributed by atoms with van der Waals surface area (Å²) in [5.74, 6) is -4.94. The van der Waals surface area contributed by atoms with Crippen LogP contribution in [0, 0.1) is 28.7 Å². The van der Waals surface area contributed by atoms with Crippen molar-refractivity contribution in [3.63, 3.8) is 0 Å². The van der Waals surface area contributed by atoms with Crippen molar-refractivity contribution in [3.8, 4) is 5.75 Å². The van der Waals surface area contributed by atoms with Crippen molar-refractivity contribution in [2.75, 3.05) is 26.7 Å². The van der Waals surface area contributed by atoms with Crippen LogP contribution in [0.2, 0.25) is 0 Å². The number of carboxylic acid groups (broad SMARTS) is 1. The first kappa shape index (κ1) is 28.8. The monoisotopic (exact) mass is 548 g/mol. The van der Waals surface area contributed by atoms with Crippen LogP contribution in [0.5, 0.6) is 5.75 Å². The van der Waals surface area contributed by atoms with Gasteiger partial charge in [-0.05, 0) is 99.5 Å². The molecule has 1 fully saturated rings. The summed E-state index contributed by atoms with van der Waals surface area (Å²) in [6.07, 6.45) is 2.60. The van der Waals surface area contributed by atoms with Gasteiger partial charge in [0.1, 0.15) is 11.6 Å². The summed E-state index contributed by atoms with van der Waals surface area (Å²) in [4.78, 5) is 18.0. The maximum Gasteiger partial charge on any atom is 0.303 e. The zero-order chi connectivity index (χ0) is 28.2. The minimum atomic E-state index is -1.48. The number of benzene rings is 2. The van der Waals surface area contributed by atoms with Crippen molar-refractivity contribution in [1.29, 1.82) is 0 Å². The number of nitrogens with zero attached hydrogens (tertiary/aromatic N) is 2. The topological polar surface area (TPSA) is 82.9 Å². The van der Waals surface area contributed by atoms with Crippen LogP contribution in [0.1, 0.15) is 55.8 Å². The number of aromatic nitrogens is 1.